The van der Waals surface area contributed by atoms with Crippen LogP contribution in [0.25, 0.3) is 0 Å². The fraction of sp³-hybridized carbons (Fsp3) is 0.0909. The molecule has 3 aromatic rings. The van der Waals surface area contributed by atoms with Crippen molar-refractivity contribution in [3.63, 3.8) is 0 Å². The van der Waals surface area contributed by atoms with Crippen LogP contribution in [0, 0.1) is 0 Å². The first kappa shape index (κ1) is 15.3. The Balaban J connectivity index is 1.59. The Kier molecular flexibility index (Phi) is 4.38. The molecule has 25 heavy (non-hydrogen) atoms. The molecule has 0 aliphatic carbocycles. The van der Waals surface area contributed by atoms with Crippen LogP contribution in [-0.4, -0.2) is 11.7 Å². The summed E-state index contributed by atoms with van der Waals surface area (Å²) in [6, 6.07) is 29.3. The zero-order valence-electron chi connectivity index (χ0n) is 14.0. The highest BCUT2D eigenvalue weighted by atomic mass is 15.1. The van der Waals surface area contributed by atoms with Crippen molar-refractivity contribution >= 4 is 11.7 Å². The fourth-order valence-corrected chi connectivity index (χ4v) is 3.03. The molecule has 0 radical (unpaired) electrons. The normalized spacial score (nSPS) is 16.0. The van der Waals surface area contributed by atoms with Crippen LogP contribution in [0.4, 0.5) is 0 Å². The van der Waals surface area contributed by atoms with Gasteiger partial charge in [-0.15, -0.1) is 0 Å². The third-order valence-corrected chi connectivity index (χ3v) is 4.34. The third-order valence-electron chi connectivity index (χ3n) is 4.34. The van der Waals surface area contributed by atoms with Crippen molar-refractivity contribution in [2.45, 2.75) is 13.1 Å². The van der Waals surface area contributed by atoms with Gasteiger partial charge in [-0.25, -0.2) is 5.32 Å². The van der Waals surface area contributed by atoms with Gasteiger partial charge in [0.05, 0.1) is 11.1 Å². The maximum atomic E-state index is 3.53. The van der Waals surface area contributed by atoms with Gasteiger partial charge in [-0.05, 0) is 23.3 Å². The summed E-state index contributed by atoms with van der Waals surface area (Å²) < 4.78 is 0. The molecule has 0 atom stereocenters. The molecule has 4 rings (SSSR count). The number of benzene rings is 3. The first-order valence-electron chi connectivity index (χ1n) is 8.56. The summed E-state index contributed by atoms with van der Waals surface area (Å²) in [5, 5.41) is 3.51. The van der Waals surface area contributed by atoms with Crippen LogP contribution in [0.2, 0.25) is 0 Å². The van der Waals surface area contributed by atoms with Crippen LogP contribution in [0.15, 0.2) is 84.9 Å². The van der Waals surface area contributed by atoms with E-state index in [9.17, 15) is 0 Å². The third kappa shape index (κ3) is 3.50. The molecule has 122 valence electrons. The Morgan fingerprint density at radius 1 is 0.520 bits per heavy atom. The van der Waals surface area contributed by atoms with E-state index >= 15 is 0 Å². The minimum absolute atomic E-state index is 0.795. The predicted molar refractivity (Wildman–Crippen MR) is 100 cm³/mol. The second-order valence-electron chi connectivity index (χ2n) is 6.10. The number of amidine groups is 2. The van der Waals surface area contributed by atoms with Gasteiger partial charge in [0.25, 0.3) is 11.7 Å². The smallest absolute Gasteiger partial charge is 0.270 e. The Hall–Kier alpha value is -3.20. The lowest BCUT2D eigenvalue weighted by Crippen LogP contribution is -2.78. The number of rotatable bonds is 4. The number of hydrogen-bond donors (Lipinski definition) is 3. The lowest BCUT2D eigenvalue weighted by Gasteiger charge is -1.96. The predicted octanol–water partition coefficient (Wildman–Crippen LogP) is 0.345. The lowest BCUT2D eigenvalue weighted by atomic mass is 10.1. The molecule has 3 aromatic carbocycles. The van der Waals surface area contributed by atoms with Crippen molar-refractivity contribution in [1.29, 1.82) is 0 Å². The van der Waals surface area contributed by atoms with Gasteiger partial charge < -0.3 is 0 Å². The quantitative estimate of drug-likeness (QED) is 0.636. The molecule has 0 aromatic heterocycles. The molecule has 1 aliphatic heterocycles. The Morgan fingerprint density at radius 3 is 1.36 bits per heavy atom. The molecule has 1 heterocycles. The van der Waals surface area contributed by atoms with Crippen molar-refractivity contribution in [2.75, 3.05) is 0 Å². The number of fused-ring (bicyclic) bond motifs is 1. The van der Waals surface area contributed by atoms with Crippen molar-refractivity contribution in [1.82, 2.24) is 5.32 Å². The van der Waals surface area contributed by atoms with Crippen LogP contribution >= 0.6 is 0 Å². The summed E-state index contributed by atoms with van der Waals surface area (Å²) in [6.45, 7) is 1.59. The van der Waals surface area contributed by atoms with Gasteiger partial charge in [-0.3, -0.25) is 9.98 Å². The van der Waals surface area contributed by atoms with E-state index in [-0.39, 0.29) is 0 Å². The zero-order valence-corrected chi connectivity index (χ0v) is 14.0. The SMILES string of the molecule is c1ccc(C[NH+]=C2NC(=[NH+]Cc3ccccc3)c3ccccc32)cc1. The second kappa shape index (κ2) is 7.14. The Bertz CT molecular complexity index is 836. The summed E-state index contributed by atoms with van der Waals surface area (Å²) in [4.78, 5) is 7.05. The first-order valence-corrected chi connectivity index (χ1v) is 8.56. The number of hydrogen-bond acceptors (Lipinski definition) is 0. The van der Waals surface area contributed by atoms with Gasteiger partial charge in [0.1, 0.15) is 13.1 Å². The molecular weight excluding hydrogens is 306 g/mol. The van der Waals surface area contributed by atoms with E-state index in [1.165, 1.54) is 22.3 Å². The van der Waals surface area contributed by atoms with Crippen molar-refractivity contribution in [3.05, 3.63) is 107 Å². The highest BCUT2D eigenvalue weighted by Crippen LogP contribution is 2.11. The van der Waals surface area contributed by atoms with E-state index < -0.39 is 0 Å². The van der Waals surface area contributed by atoms with Crippen LogP contribution in [0.1, 0.15) is 22.3 Å². The summed E-state index contributed by atoms with van der Waals surface area (Å²) in [6.07, 6.45) is 0. The van der Waals surface area contributed by atoms with E-state index in [2.05, 4.69) is 88.1 Å². The molecule has 3 nitrogen and oxygen atoms in total. The highest BCUT2D eigenvalue weighted by Gasteiger charge is 2.30. The van der Waals surface area contributed by atoms with E-state index in [0.29, 0.717) is 0 Å². The molecule has 0 fully saturated rings. The zero-order chi connectivity index (χ0) is 16.9. The van der Waals surface area contributed by atoms with E-state index in [1.54, 1.807) is 0 Å². The van der Waals surface area contributed by atoms with Crippen LogP contribution in [-0.2, 0) is 13.1 Å². The van der Waals surface area contributed by atoms with Crippen LogP contribution in [0.3, 0.4) is 0 Å². The van der Waals surface area contributed by atoms with Gasteiger partial charge in [0.2, 0.25) is 0 Å². The highest BCUT2D eigenvalue weighted by molar-refractivity contribution is 6.21. The summed E-state index contributed by atoms with van der Waals surface area (Å²) in [5.74, 6) is 2.10. The molecule has 0 unspecified atom stereocenters. The first-order chi connectivity index (χ1) is 12.4. The Labute approximate surface area is 147 Å². The van der Waals surface area contributed by atoms with Gasteiger partial charge in [-0.1, -0.05) is 72.8 Å². The van der Waals surface area contributed by atoms with Crippen molar-refractivity contribution < 1.29 is 9.98 Å². The summed E-state index contributed by atoms with van der Waals surface area (Å²) in [7, 11) is 0. The van der Waals surface area contributed by atoms with Gasteiger partial charge in [-0.2, -0.15) is 0 Å². The minimum atomic E-state index is 0.795. The van der Waals surface area contributed by atoms with E-state index in [1.807, 2.05) is 12.1 Å². The molecule has 0 spiro atoms. The van der Waals surface area contributed by atoms with Gasteiger partial charge in [0.15, 0.2) is 0 Å². The standard InChI is InChI=1S/C22H19N3/c1-3-9-17(10-4-1)15-23-21-19-13-7-8-14-20(19)22(25-21)24-16-18-11-5-2-6-12-18/h1-14H,15-16H2,(H,23,24,25)/p+2. The molecule has 3 N–H and O–H groups in total. The van der Waals surface area contributed by atoms with Gasteiger partial charge in [0, 0.05) is 0 Å². The van der Waals surface area contributed by atoms with Crippen molar-refractivity contribution in [2.24, 2.45) is 0 Å². The topological polar surface area (TPSA) is 40.0 Å². The lowest BCUT2D eigenvalue weighted by molar-refractivity contribution is -0.481. The molecule has 0 bridgehead atoms. The minimum Gasteiger partial charge on any atom is -0.270 e. The molecule has 0 saturated heterocycles. The Morgan fingerprint density at radius 2 is 0.920 bits per heavy atom. The van der Waals surface area contributed by atoms with Crippen LogP contribution < -0.4 is 15.3 Å². The molecule has 0 amide bonds. The average molecular weight is 327 g/mol. The largest absolute Gasteiger partial charge is 0.284 e. The monoisotopic (exact) mass is 327 g/mol. The molecule has 3 heteroatoms. The fourth-order valence-electron chi connectivity index (χ4n) is 3.03. The second-order valence-corrected chi connectivity index (χ2v) is 6.10. The van der Waals surface area contributed by atoms with E-state index in [4.69, 9.17) is 0 Å². The van der Waals surface area contributed by atoms with Gasteiger partial charge >= 0.3 is 0 Å². The molecular formula is C22H21N3+2. The summed E-state index contributed by atoms with van der Waals surface area (Å²) in [5.41, 5.74) is 4.93. The van der Waals surface area contributed by atoms with E-state index in [0.717, 1.165) is 24.8 Å². The maximum Gasteiger partial charge on any atom is 0.284 e. The number of nitrogens with one attached hydrogen (secondary N) is 3. The van der Waals surface area contributed by atoms with Crippen molar-refractivity contribution in [3.8, 4) is 0 Å². The average Bonchev–Trinajstić information content (AvgIpc) is 3.04. The van der Waals surface area contributed by atoms with Crippen LogP contribution in [0.5, 0.6) is 0 Å². The summed E-state index contributed by atoms with van der Waals surface area (Å²) >= 11 is 0. The maximum absolute atomic E-state index is 3.53. The molecule has 0 saturated carbocycles. The molecule has 1 aliphatic rings.